The van der Waals surface area contributed by atoms with Gasteiger partial charge in [-0.25, -0.2) is 0 Å². The van der Waals surface area contributed by atoms with Gasteiger partial charge in [0.25, 0.3) is 0 Å². The molecule has 0 aliphatic rings. The SMILES string of the molecule is CC(C)(C)c1ccc(CNc2cccc(C#N)c2)s1. The monoisotopic (exact) mass is 270 g/mol. The Morgan fingerprint density at radius 1 is 1.21 bits per heavy atom. The summed E-state index contributed by atoms with van der Waals surface area (Å²) in [7, 11) is 0. The summed E-state index contributed by atoms with van der Waals surface area (Å²) in [5.41, 5.74) is 1.89. The molecule has 1 aromatic heterocycles. The summed E-state index contributed by atoms with van der Waals surface area (Å²) in [6.07, 6.45) is 0. The van der Waals surface area contributed by atoms with Crippen molar-refractivity contribution < 1.29 is 0 Å². The van der Waals surface area contributed by atoms with Crippen molar-refractivity contribution in [1.82, 2.24) is 0 Å². The maximum atomic E-state index is 8.86. The second-order valence-corrected chi connectivity index (χ2v) is 6.73. The van der Waals surface area contributed by atoms with Crippen LogP contribution in [0.2, 0.25) is 0 Å². The molecule has 3 heteroatoms. The third-order valence-corrected chi connectivity index (χ3v) is 4.37. The van der Waals surface area contributed by atoms with Crippen molar-refractivity contribution in [2.24, 2.45) is 0 Å². The molecule has 0 saturated carbocycles. The average molecular weight is 270 g/mol. The van der Waals surface area contributed by atoms with Gasteiger partial charge in [-0.1, -0.05) is 26.8 Å². The molecule has 0 amide bonds. The van der Waals surface area contributed by atoms with E-state index in [2.05, 4.69) is 44.3 Å². The van der Waals surface area contributed by atoms with E-state index in [4.69, 9.17) is 5.26 Å². The van der Waals surface area contributed by atoms with Gasteiger partial charge in [0.1, 0.15) is 0 Å². The molecule has 0 radical (unpaired) electrons. The fourth-order valence-electron chi connectivity index (χ4n) is 1.76. The van der Waals surface area contributed by atoms with E-state index in [1.54, 1.807) is 0 Å². The molecule has 19 heavy (non-hydrogen) atoms. The molecular formula is C16H18N2S. The van der Waals surface area contributed by atoms with Crippen LogP contribution in [-0.4, -0.2) is 0 Å². The minimum Gasteiger partial charge on any atom is -0.380 e. The summed E-state index contributed by atoms with van der Waals surface area (Å²) in [6.45, 7) is 7.49. The maximum absolute atomic E-state index is 8.86. The zero-order valence-corrected chi connectivity index (χ0v) is 12.3. The normalized spacial score (nSPS) is 11.1. The highest BCUT2D eigenvalue weighted by atomic mass is 32.1. The van der Waals surface area contributed by atoms with Gasteiger partial charge in [0.05, 0.1) is 11.6 Å². The molecule has 1 aromatic carbocycles. The number of anilines is 1. The molecule has 1 N–H and O–H groups in total. The largest absolute Gasteiger partial charge is 0.380 e. The van der Waals surface area contributed by atoms with E-state index >= 15 is 0 Å². The summed E-state index contributed by atoms with van der Waals surface area (Å²) in [5.74, 6) is 0. The number of nitrogens with zero attached hydrogens (tertiary/aromatic N) is 1. The quantitative estimate of drug-likeness (QED) is 0.889. The molecule has 0 aliphatic carbocycles. The highest BCUT2D eigenvalue weighted by Gasteiger charge is 2.15. The summed E-state index contributed by atoms with van der Waals surface area (Å²) < 4.78 is 0. The van der Waals surface area contributed by atoms with Gasteiger partial charge in [0.15, 0.2) is 0 Å². The first-order chi connectivity index (χ1) is 8.99. The van der Waals surface area contributed by atoms with Crippen molar-refractivity contribution in [3.63, 3.8) is 0 Å². The Hall–Kier alpha value is -1.79. The summed E-state index contributed by atoms with van der Waals surface area (Å²) in [6, 6.07) is 14.1. The molecule has 0 spiro atoms. The standard InChI is InChI=1S/C16H18N2S/c1-16(2,3)15-8-7-14(19-15)11-18-13-6-4-5-12(9-13)10-17/h4-9,18H,11H2,1-3H3. The van der Waals surface area contributed by atoms with Crippen LogP contribution in [0, 0.1) is 11.3 Å². The van der Waals surface area contributed by atoms with Gasteiger partial charge < -0.3 is 5.32 Å². The van der Waals surface area contributed by atoms with Crippen molar-refractivity contribution in [3.8, 4) is 6.07 Å². The van der Waals surface area contributed by atoms with E-state index < -0.39 is 0 Å². The van der Waals surface area contributed by atoms with Crippen molar-refractivity contribution in [1.29, 1.82) is 5.26 Å². The second-order valence-electron chi connectivity index (χ2n) is 5.56. The molecule has 2 nitrogen and oxygen atoms in total. The summed E-state index contributed by atoms with van der Waals surface area (Å²) in [4.78, 5) is 2.71. The Labute approximate surface area is 118 Å². The lowest BCUT2D eigenvalue weighted by Gasteiger charge is -2.15. The van der Waals surface area contributed by atoms with Crippen LogP contribution in [-0.2, 0) is 12.0 Å². The van der Waals surface area contributed by atoms with Crippen LogP contribution in [0.25, 0.3) is 0 Å². The van der Waals surface area contributed by atoms with Crippen LogP contribution in [0.15, 0.2) is 36.4 Å². The fourth-order valence-corrected chi connectivity index (χ4v) is 2.77. The molecule has 0 unspecified atom stereocenters. The Kier molecular flexibility index (Phi) is 3.92. The summed E-state index contributed by atoms with van der Waals surface area (Å²) in [5, 5.41) is 12.2. The molecule has 0 saturated heterocycles. The van der Waals surface area contributed by atoms with Gasteiger partial charge in [-0.05, 0) is 35.7 Å². The van der Waals surface area contributed by atoms with Crippen LogP contribution >= 0.6 is 11.3 Å². The number of nitrogens with one attached hydrogen (secondary N) is 1. The predicted molar refractivity (Wildman–Crippen MR) is 81.5 cm³/mol. The van der Waals surface area contributed by atoms with Gasteiger partial charge in [-0.15, -0.1) is 11.3 Å². The number of hydrogen-bond acceptors (Lipinski definition) is 3. The number of rotatable bonds is 3. The third kappa shape index (κ3) is 3.59. The topological polar surface area (TPSA) is 35.8 Å². The number of benzene rings is 1. The Morgan fingerprint density at radius 2 is 2.00 bits per heavy atom. The van der Waals surface area contributed by atoms with Gasteiger partial charge in [-0.3, -0.25) is 0 Å². The Bertz CT molecular complexity index is 600. The zero-order valence-electron chi connectivity index (χ0n) is 11.5. The number of hydrogen-bond donors (Lipinski definition) is 1. The van der Waals surface area contributed by atoms with Crippen LogP contribution in [0.5, 0.6) is 0 Å². The van der Waals surface area contributed by atoms with Crippen molar-refractivity contribution in [2.75, 3.05) is 5.32 Å². The Balaban J connectivity index is 2.03. The van der Waals surface area contributed by atoms with Crippen molar-refractivity contribution in [2.45, 2.75) is 32.7 Å². The van der Waals surface area contributed by atoms with E-state index in [1.807, 2.05) is 35.6 Å². The van der Waals surface area contributed by atoms with Crippen LogP contribution in [0.1, 0.15) is 36.1 Å². The lowest BCUT2D eigenvalue weighted by molar-refractivity contribution is 0.604. The van der Waals surface area contributed by atoms with Gasteiger partial charge >= 0.3 is 0 Å². The molecular weight excluding hydrogens is 252 g/mol. The van der Waals surface area contributed by atoms with Gasteiger partial charge in [0.2, 0.25) is 0 Å². The van der Waals surface area contributed by atoms with E-state index in [0.717, 1.165) is 12.2 Å². The fraction of sp³-hybridized carbons (Fsp3) is 0.312. The number of nitriles is 1. The predicted octanol–water partition coefficient (Wildman–Crippen LogP) is 4.53. The first-order valence-corrected chi connectivity index (χ1v) is 7.14. The van der Waals surface area contributed by atoms with Crippen LogP contribution in [0.3, 0.4) is 0 Å². The smallest absolute Gasteiger partial charge is 0.0992 e. The summed E-state index contributed by atoms with van der Waals surface area (Å²) >= 11 is 1.84. The highest BCUT2D eigenvalue weighted by Crippen LogP contribution is 2.29. The average Bonchev–Trinajstić information content (AvgIpc) is 2.85. The molecule has 1 heterocycles. The lowest BCUT2D eigenvalue weighted by Crippen LogP contribution is -2.07. The Morgan fingerprint density at radius 3 is 2.63 bits per heavy atom. The van der Waals surface area contributed by atoms with E-state index in [9.17, 15) is 0 Å². The molecule has 2 rings (SSSR count). The molecule has 0 bridgehead atoms. The van der Waals surface area contributed by atoms with Crippen LogP contribution < -0.4 is 5.32 Å². The minimum absolute atomic E-state index is 0.212. The molecule has 0 aliphatic heterocycles. The maximum Gasteiger partial charge on any atom is 0.0992 e. The third-order valence-electron chi connectivity index (χ3n) is 2.86. The van der Waals surface area contributed by atoms with Gasteiger partial charge in [-0.2, -0.15) is 5.26 Å². The first-order valence-electron chi connectivity index (χ1n) is 6.32. The minimum atomic E-state index is 0.212. The second kappa shape index (κ2) is 5.46. The van der Waals surface area contributed by atoms with Crippen LogP contribution in [0.4, 0.5) is 5.69 Å². The zero-order chi connectivity index (χ0) is 13.9. The molecule has 98 valence electrons. The van der Waals surface area contributed by atoms with Crippen molar-refractivity contribution in [3.05, 3.63) is 51.7 Å². The van der Waals surface area contributed by atoms with Gasteiger partial charge in [0, 0.05) is 22.0 Å². The van der Waals surface area contributed by atoms with E-state index in [-0.39, 0.29) is 5.41 Å². The van der Waals surface area contributed by atoms with Crippen molar-refractivity contribution >= 4 is 17.0 Å². The lowest BCUT2D eigenvalue weighted by atomic mass is 9.95. The van der Waals surface area contributed by atoms with E-state index in [1.165, 1.54) is 9.75 Å². The number of thiophene rings is 1. The molecule has 0 fully saturated rings. The van der Waals surface area contributed by atoms with E-state index in [0.29, 0.717) is 5.56 Å². The molecule has 2 aromatic rings. The first kappa shape index (κ1) is 13.6. The molecule has 0 atom stereocenters. The highest BCUT2D eigenvalue weighted by molar-refractivity contribution is 7.12.